The third-order valence-corrected chi connectivity index (χ3v) is 9.00. The molecule has 0 spiro atoms. The molecule has 40 heavy (non-hydrogen) atoms. The molecule has 2 atom stereocenters. The maximum atomic E-state index is 13.9. The van der Waals surface area contributed by atoms with Gasteiger partial charge in [-0.15, -0.1) is 0 Å². The Labute approximate surface area is 245 Å². The molecule has 0 aromatic heterocycles. The minimum atomic E-state index is -4.15. The van der Waals surface area contributed by atoms with E-state index in [0.29, 0.717) is 27.8 Å². The molecule has 11 heteroatoms. The molecule has 3 aromatic carbocycles. The standard InChI is InChI=1S/C29H33Cl2N3O5S/c1-5-20(2)32-29(36)21(3)33(18-22-11-16-26(30)27(31)17-22)28(35)19-34(23-12-14-24(39-4)15-13-23)40(37,38)25-9-7-6-8-10-25/h6-17,20-21H,5,18-19H2,1-4H3,(H,32,36). The van der Waals surface area contributed by atoms with Crippen LogP contribution in [0.2, 0.25) is 10.0 Å². The fraction of sp³-hybridized carbons (Fsp3) is 0.310. The number of ether oxygens (including phenoxy) is 1. The Kier molecular flexibility index (Phi) is 10.8. The Bertz CT molecular complexity index is 1420. The number of sulfonamides is 1. The molecular weight excluding hydrogens is 573 g/mol. The van der Waals surface area contributed by atoms with Crippen molar-refractivity contribution in [3.05, 3.63) is 88.4 Å². The van der Waals surface area contributed by atoms with E-state index in [9.17, 15) is 18.0 Å². The molecule has 0 fully saturated rings. The van der Waals surface area contributed by atoms with Crippen molar-refractivity contribution < 1.29 is 22.7 Å². The topological polar surface area (TPSA) is 96.0 Å². The molecular formula is C29H33Cl2N3O5S. The largest absolute Gasteiger partial charge is 0.497 e. The summed E-state index contributed by atoms with van der Waals surface area (Å²) < 4.78 is 33.8. The molecule has 2 unspecified atom stereocenters. The SMILES string of the molecule is CCC(C)NC(=O)C(C)N(Cc1ccc(Cl)c(Cl)c1)C(=O)CN(c1ccc(OC)cc1)S(=O)(=O)c1ccccc1. The van der Waals surface area contributed by atoms with Crippen LogP contribution < -0.4 is 14.4 Å². The first-order valence-electron chi connectivity index (χ1n) is 12.7. The monoisotopic (exact) mass is 605 g/mol. The molecule has 1 N–H and O–H groups in total. The van der Waals surface area contributed by atoms with Crippen molar-refractivity contribution in [2.45, 2.75) is 50.7 Å². The third-order valence-electron chi connectivity index (χ3n) is 6.48. The van der Waals surface area contributed by atoms with Crippen molar-refractivity contribution in [3.63, 3.8) is 0 Å². The van der Waals surface area contributed by atoms with Crippen LogP contribution in [0, 0.1) is 0 Å². The summed E-state index contributed by atoms with van der Waals surface area (Å²) in [6.45, 7) is 4.87. The van der Waals surface area contributed by atoms with Crippen LogP contribution in [0.25, 0.3) is 0 Å². The van der Waals surface area contributed by atoms with E-state index in [1.807, 2.05) is 13.8 Å². The third kappa shape index (κ3) is 7.68. The zero-order valence-electron chi connectivity index (χ0n) is 22.8. The van der Waals surface area contributed by atoms with Crippen molar-refractivity contribution >= 4 is 50.7 Å². The highest BCUT2D eigenvalue weighted by molar-refractivity contribution is 7.92. The normalized spacial score (nSPS) is 12.8. The van der Waals surface area contributed by atoms with Gasteiger partial charge in [0.15, 0.2) is 0 Å². The van der Waals surface area contributed by atoms with Crippen LogP contribution in [0.4, 0.5) is 5.69 Å². The second-order valence-corrected chi connectivity index (χ2v) is 12.0. The number of amides is 2. The lowest BCUT2D eigenvalue weighted by molar-refractivity contribution is -0.139. The lowest BCUT2D eigenvalue weighted by atomic mass is 10.1. The smallest absolute Gasteiger partial charge is 0.264 e. The lowest BCUT2D eigenvalue weighted by Crippen LogP contribution is -2.52. The Hall–Kier alpha value is -3.27. The Morgan fingerprint density at radius 1 is 0.950 bits per heavy atom. The summed E-state index contributed by atoms with van der Waals surface area (Å²) in [5, 5.41) is 3.55. The minimum absolute atomic E-state index is 0.00660. The first kappa shape index (κ1) is 31.3. The first-order chi connectivity index (χ1) is 19.0. The average Bonchev–Trinajstić information content (AvgIpc) is 2.96. The number of halogens is 2. The van der Waals surface area contributed by atoms with Crippen LogP contribution in [-0.2, 0) is 26.2 Å². The summed E-state index contributed by atoms with van der Waals surface area (Å²) in [5.74, 6) is -0.401. The first-order valence-corrected chi connectivity index (χ1v) is 14.9. The molecule has 0 aliphatic rings. The van der Waals surface area contributed by atoms with Gasteiger partial charge in [-0.3, -0.25) is 13.9 Å². The van der Waals surface area contributed by atoms with Crippen molar-refractivity contribution in [1.29, 1.82) is 0 Å². The highest BCUT2D eigenvalue weighted by atomic mass is 35.5. The van der Waals surface area contributed by atoms with E-state index in [0.717, 1.165) is 4.31 Å². The molecule has 0 saturated heterocycles. The number of nitrogens with zero attached hydrogens (tertiary/aromatic N) is 2. The maximum Gasteiger partial charge on any atom is 0.264 e. The Morgan fingerprint density at radius 3 is 2.17 bits per heavy atom. The Morgan fingerprint density at radius 2 is 1.60 bits per heavy atom. The van der Waals surface area contributed by atoms with E-state index in [-0.39, 0.29) is 29.1 Å². The number of rotatable bonds is 12. The number of methoxy groups -OCH3 is 1. The van der Waals surface area contributed by atoms with Gasteiger partial charge in [0.1, 0.15) is 18.3 Å². The lowest BCUT2D eigenvalue weighted by Gasteiger charge is -2.32. The number of benzene rings is 3. The van der Waals surface area contributed by atoms with Crippen LogP contribution >= 0.6 is 23.2 Å². The summed E-state index contributed by atoms with van der Waals surface area (Å²) in [6.07, 6.45) is 0.708. The predicted octanol–water partition coefficient (Wildman–Crippen LogP) is 5.53. The van der Waals surface area contributed by atoms with E-state index in [4.69, 9.17) is 27.9 Å². The number of anilines is 1. The van der Waals surface area contributed by atoms with Crippen molar-refractivity contribution in [3.8, 4) is 5.75 Å². The van der Waals surface area contributed by atoms with Crippen LogP contribution in [0.3, 0.4) is 0 Å². The molecule has 0 aliphatic heterocycles. The molecule has 214 valence electrons. The molecule has 0 radical (unpaired) electrons. The molecule has 0 aliphatic carbocycles. The van der Waals surface area contributed by atoms with Gasteiger partial charge >= 0.3 is 0 Å². The molecule has 8 nitrogen and oxygen atoms in total. The number of carbonyl (C=O) groups excluding carboxylic acids is 2. The van der Waals surface area contributed by atoms with Gasteiger partial charge < -0.3 is 15.0 Å². The summed E-state index contributed by atoms with van der Waals surface area (Å²) in [7, 11) is -2.65. The summed E-state index contributed by atoms with van der Waals surface area (Å²) >= 11 is 12.3. The molecule has 0 bridgehead atoms. The van der Waals surface area contributed by atoms with Crippen LogP contribution in [0.1, 0.15) is 32.8 Å². The van der Waals surface area contributed by atoms with Crippen LogP contribution in [0.5, 0.6) is 5.75 Å². The van der Waals surface area contributed by atoms with Gasteiger partial charge in [0.2, 0.25) is 11.8 Å². The van der Waals surface area contributed by atoms with Gasteiger partial charge in [0, 0.05) is 12.6 Å². The molecule has 2 amide bonds. The molecule has 3 aromatic rings. The second kappa shape index (κ2) is 13.9. The number of hydrogen-bond acceptors (Lipinski definition) is 5. The number of nitrogens with one attached hydrogen (secondary N) is 1. The zero-order valence-corrected chi connectivity index (χ0v) is 25.1. The van der Waals surface area contributed by atoms with Crippen LogP contribution in [0.15, 0.2) is 77.7 Å². The minimum Gasteiger partial charge on any atom is -0.497 e. The quantitative estimate of drug-likeness (QED) is 0.293. The number of carbonyl (C=O) groups is 2. The average molecular weight is 607 g/mol. The second-order valence-electron chi connectivity index (χ2n) is 9.29. The van der Waals surface area contributed by atoms with Crippen molar-refractivity contribution in [1.82, 2.24) is 10.2 Å². The molecule has 3 rings (SSSR count). The predicted molar refractivity (Wildman–Crippen MR) is 158 cm³/mol. The number of hydrogen-bond donors (Lipinski definition) is 1. The highest BCUT2D eigenvalue weighted by Crippen LogP contribution is 2.27. The summed E-state index contributed by atoms with van der Waals surface area (Å²) in [5.41, 5.74) is 0.900. The molecule has 0 heterocycles. The van der Waals surface area contributed by atoms with Crippen molar-refractivity contribution in [2.75, 3.05) is 18.0 Å². The van der Waals surface area contributed by atoms with Crippen LogP contribution in [-0.4, -0.2) is 50.9 Å². The summed E-state index contributed by atoms with van der Waals surface area (Å²) in [4.78, 5) is 28.4. The van der Waals surface area contributed by atoms with Gasteiger partial charge in [0.25, 0.3) is 10.0 Å². The van der Waals surface area contributed by atoms with Gasteiger partial charge in [-0.25, -0.2) is 8.42 Å². The highest BCUT2D eigenvalue weighted by Gasteiger charge is 2.32. The Balaban J connectivity index is 2.03. The van der Waals surface area contributed by atoms with E-state index in [1.54, 1.807) is 67.6 Å². The van der Waals surface area contributed by atoms with Gasteiger partial charge in [-0.05, 0) is 74.4 Å². The van der Waals surface area contributed by atoms with E-state index >= 15 is 0 Å². The van der Waals surface area contributed by atoms with Gasteiger partial charge in [-0.2, -0.15) is 0 Å². The van der Waals surface area contributed by atoms with E-state index in [2.05, 4.69) is 5.32 Å². The maximum absolute atomic E-state index is 13.9. The van der Waals surface area contributed by atoms with Gasteiger partial charge in [-0.1, -0.05) is 54.4 Å². The van der Waals surface area contributed by atoms with E-state index < -0.39 is 28.5 Å². The fourth-order valence-corrected chi connectivity index (χ4v) is 5.64. The summed E-state index contributed by atoms with van der Waals surface area (Å²) in [6, 6.07) is 18.1. The van der Waals surface area contributed by atoms with E-state index in [1.165, 1.54) is 24.1 Å². The zero-order chi connectivity index (χ0) is 29.4. The fourth-order valence-electron chi connectivity index (χ4n) is 3.88. The molecule has 0 saturated carbocycles. The van der Waals surface area contributed by atoms with Gasteiger partial charge in [0.05, 0.1) is 27.7 Å². The van der Waals surface area contributed by atoms with Crippen molar-refractivity contribution in [2.24, 2.45) is 0 Å².